The average molecular weight is 114 g/mol. The molecule has 46 valence electrons. The molecule has 0 unspecified atom stereocenters. The Morgan fingerprint density at radius 3 is 3.00 bits per heavy atom. The zero-order chi connectivity index (χ0) is 5.82. The minimum Gasteiger partial charge on any atom is -0.289 e. The highest BCUT2D eigenvalue weighted by Crippen LogP contribution is 1.88. The van der Waals surface area contributed by atoms with Crippen molar-refractivity contribution in [1.82, 2.24) is 16.5 Å². The second-order valence-electron chi connectivity index (χ2n) is 1.67. The summed E-state index contributed by atoms with van der Waals surface area (Å²) in [6.07, 6.45) is 2.12. The van der Waals surface area contributed by atoms with Crippen LogP contribution < -0.4 is 16.5 Å². The van der Waals surface area contributed by atoms with Gasteiger partial charge in [-0.2, -0.15) is 0 Å². The van der Waals surface area contributed by atoms with Gasteiger partial charge in [-0.15, -0.1) is 10.6 Å². The Balaban J connectivity index is 2.23. The summed E-state index contributed by atoms with van der Waals surface area (Å²) in [5.74, 6) is 0.979. The standard InChI is InChI=1S/C4H10N4/c1-2-3-4-5-7-8-6-4/h7-8H,2-3H2,1H3,(H,5,6). The molecule has 1 aliphatic rings. The monoisotopic (exact) mass is 114 g/mol. The molecule has 3 N–H and O–H groups in total. The van der Waals surface area contributed by atoms with Crippen molar-refractivity contribution in [3.63, 3.8) is 0 Å². The summed E-state index contributed by atoms with van der Waals surface area (Å²) in [7, 11) is 0. The first-order chi connectivity index (χ1) is 3.93. The number of nitrogens with one attached hydrogen (secondary N) is 3. The third-order valence-electron chi connectivity index (χ3n) is 0.940. The molecule has 0 bridgehead atoms. The largest absolute Gasteiger partial charge is 0.289 e. The lowest BCUT2D eigenvalue weighted by molar-refractivity contribution is 0.576. The Hall–Kier alpha value is -0.770. The lowest BCUT2D eigenvalue weighted by Crippen LogP contribution is -2.34. The highest BCUT2D eigenvalue weighted by Gasteiger charge is 1.99. The quantitative estimate of drug-likeness (QED) is 0.462. The lowest BCUT2D eigenvalue weighted by atomic mass is 10.3. The third-order valence-corrected chi connectivity index (χ3v) is 0.940. The fourth-order valence-corrected chi connectivity index (χ4v) is 0.579. The molecule has 8 heavy (non-hydrogen) atoms. The highest BCUT2D eigenvalue weighted by atomic mass is 15.8. The predicted molar refractivity (Wildman–Crippen MR) is 31.8 cm³/mol. The molecule has 0 amide bonds. The van der Waals surface area contributed by atoms with Crippen molar-refractivity contribution < 1.29 is 0 Å². The molecular weight excluding hydrogens is 104 g/mol. The normalized spacial score (nSPS) is 16.9. The van der Waals surface area contributed by atoms with Gasteiger partial charge in [0.15, 0.2) is 0 Å². The maximum absolute atomic E-state index is 3.87. The van der Waals surface area contributed by atoms with Crippen LogP contribution in [0.1, 0.15) is 19.8 Å². The molecule has 0 spiro atoms. The molecule has 0 aromatic carbocycles. The lowest BCUT2D eigenvalue weighted by Gasteiger charge is -1.93. The smallest absolute Gasteiger partial charge is 0.139 e. The van der Waals surface area contributed by atoms with Crippen molar-refractivity contribution in [2.24, 2.45) is 5.10 Å². The van der Waals surface area contributed by atoms with Crippen LogP contribution in [0.3, 0.4) is 0 Å². The van der Waals surface area contributed by atoms with E-state index in [-0.39, 0.29) is 0 Å². The maximum atomic E-state index is 3.87. The van der Waals surface area contributed by atoms with Gasteiger partial charge < -0.3 is 0 Å². The van der Waals surface area contributed by atoms with E-state index < -0.39 is 0 Å². The first kappa shape index (κ1) is 5.37. The molecule has 4 heteroatoms. The van der Waals surface area contributed by atoms with E-state index in [9.17, 15) is 0 Å². The molecule has 0 aromatic heterocycles. The first-order valence-electron chi connectivity index (χ1n) is 2.76. The Bertz CT molecular complexity index is 98.2. The van der Waals surface area contributed by atoms with Crippen LogP contribution in [0.5, 0.6) is 0 Å². The molecular formula is C4H10N4. The first-order valence-corrected chi connectivity index (χ1v) is 2.76. The van der Waals surface area contributed by atoms with E-state index in [0.29, 0.717) is 0 Å². The van der Waals surface area contributed by atoms with E-state index in [0.717, 1.165) is 18.7 Å². The number of hydrazine groups is 2. The van der Waals surface area contributed by atoms with E-state index in [2.05, 4.69) is 28.5 Å². The minimum atomic E-state index is 0.979. The van der Waals surface area contributed by atoms with Crippen LogP contribution in [-0.2, 0) is 0 Å². The second-order valence-corrected chi connectivity index (χ2v) is 1.67. The van der Waals surface area contributed by atoms with E-state index in [1.54, 1.807) is 0 Å². The number of amidine groups is 1. The van der Waals surface area contributed by atoms with Gasteiger partial charge >= 0.3 is 0 Å². The van der Waals surface area contributed by atoms with Crippen LogP contribution >= 0.6 is 0 Å². The number of hydrogen-bond acceptors (Lipinski definition) is 4. The maximum Gasteiger partial charge on any atom is 0.139 e. The zero-order valence-corrected chi connectivity index (χ0v) is 4.86. The summed E-state index contributed by atoms with van der Waals surface area (Å²) in [4.78, 5) is 0. The third kappa shape index (κ3) is 1.10. The Kier molecular flexibility index (Phi) is 1.69. The molecule has 1 heterocycles. The number of hydrazone groups is 1. The van der Waals surface area contributed by atoms with Crippen LogP contribution in [0.25, 0.3) is 0 Å². The summed E-state index contributed by atoms with van der Waals surface area (Å²) in [6, 6.07) is 0. The molecule has 0 atom stereocenters. The predicted octanol–water partition coefficient (Wildman–Crippen LogP) is -0.288. The topological polar surface area (TPSA) is 48.5 Å². The van der Waals surface area contributed by atoms with Gasteiger partial charge in [0.25, 0.3) is 0 Å². The minimum absolute atomic E-state index is 0.979. The van der Waals surface area contributed by atoms with E-state index >= 15 is 0 Å². The summed E-state index contributed by atoms with van der Waals surface area (Å²) >= 11 is 0. The van der Waals surface area contributed by atoms with E-state index in [1.165, 1.54) is 0 Å². The van der Waals surface area contributed by atoms with E-state index in [4.69, 9.17) is 0 Å². The van der Waals surface area contributed by atoms with E-state index in [1.807, 2.05) is 0 Å². The zero-order valence-electron chi connectivity index (χ0n) is 4.86. The molecule has 0 radical (unpaired) electrons. The Morgan fingerprint density at radius 2 is 2.50 bits per heavy atom. The average Bonchev–Trinajstić information content (AvgIpc) is 2.19. The van der Waals surface area contributed by atoms with Gasteiger partial charge in [0, 0.05) is 6.42 Å². The molecule has 1 rings (SSSR count). The second kappa shape index (κ2) is 2.52. The molecule has 0 saturated carbocycles. The molecule has 1 aliphatic heterocycles. The van der Waals surface area contributed by atoms with Gasteiger partial charge in [0.1, 0.15) is 5.84 Å². The van der Waals surface area contributed by atoms with Crippen LogP contribution in [-0.4, -0.2) is 5.84 Å². The van der Waals surface area contributed by atoms with Gasteiger partial charge in [0.05, 0.1) is 0 Å². The van der Waals surface area contributed by atoms with Crippen LogP contribution in [0.4, 0.5) is 0 Å². The van der Waals surface area contributed by atoms with Crippen LogP contribution in [0, 0.1) is 0 Å². The Morgan fingerprint density at radius 1 is 1.62 bits per heavy atom. The molecule has 0 aromatic rings. The van der Waals surface area contributed by atoms with Crippen LogP contribution in [0.15, 0.2) is 5.10 Å². The van der Waals surface area contributed by atoms with Crippen molar-refractivity contribution >= 4 is 5.84 Å². The summed E-state index contributed by atoms with van der Waals surface area (Å²) in [5, 5.41) is 3.87. The van der Waals surface area contributed by atoms with Gasteiger partial charge in [-0.05, 0) is 6.42 Å². The summed E-state index contributed by atoms with van der Waals surface area (Å²) in [5.41, 5.74) is 8.08. The number of rotatable bonds is 2. The fourth-order valence-electron chi connectivity index (χ4n) is 0.579. The van der Waals surface area contributed by atoms with Crippen molar-refractivity contribution in [1.29, 1.82) is 0 Å². The summed E-state index contributed by atoms with van der Waals surface area (Å²) < 4.78 is 0. The van der Waals surface area contributed by atoms with Gasteiger partial charge in [-0.1, -0.05) is 6.92 Å². The molecule has 0 fully saturated rings. The van der Waals surface area contributed by atoms with Gasteiger partial charge in [-0.3, -0.25) is 5.43 Å². The molecule has 0 aliphatic carbocycles. The van der Waals surface area contributed by atoms with Gasteiger partial charge in [-0.25, -0.2) is 5.53 Å². The Labute approximate surface area is 48.3 Å². The van der Waals surface area contributed by atoms with Crippen molar-refractivity contribution in [3.05, 3.63) is 0 Å². The fraction of sp³-hybridized carbons (Fsp3) is 0.750. The SMILES string of the molecule is CCCC1=NNNN1. The highest BCUT2D eigenvalue weighted by molar-refractivity contribution is 5.82. The molecule has 0 saturated heterocycles. The van der Waals surface area contributed by atoms with Gasteiger partial charge in [0.2, 0.25) is 0 Å². The van der Waals surface area contributed by atoms with Crippen molar-refractivity contribution in [3.8, 4) is 0 Å². The number of nitrogens with zero attached hydrogens (tertiary/aromatic N) is 1. The number of hydrogen-bond donors (Lipinski definition) is 3. The van der Waals surface area contributed by atoms with Crippen LogP contribution in [0.2, 0.25) is 0 Å². The van der Waals surface area contributed by atoms with Crippen molar-refractivity contribution in [2.75, 3.05) is 0 Å². The molecule has 4 nitrogen and oxygen atoms in total. The summed E-state index contributed by atoms with van der Waals surface area (Å²) in [6.45, 7) is 2.11. The van der Waals surface area contributed by atoms with Crippen molar-refractivity contribution in [2.45, 2.75) is 19.8 Å².